The van der Waals surface area contributed by atoms with Crippen molar-refractivity contribution in [2.24, 2.45) is 17.1 Å². The van der Waals surface area contributed by atoms with Crippen LogP contribution in [0.5, 0.6) is 0 Å². The third-order valence-corrected chi connectivity index (χ3v) is 4.37. The van der Waals surface area contributed by atoms with Crippen LogP contribution in [-0.4, -0.2) is 29.3 Å². The van der Waals surface area contributed by atoms with Crippen molar-refractivity contribution in [3.8, 4) is 0 Å². The molecule has 2 fully saturated rings. The summed E-state index contributed by atoms with van der Waals surface area (Å²) in [6.07, 6.45) is 5.14. The Kier molecular flexibility index (Phi) is 3.76. The largest absolute Gasteiger partial charge is 0.328 e. The van der Waals surface area contributed by atoms with Crippen molar-refractivity contribution in [2.75, 3.05) is 6.54 Å². The van der Waals surface area contributed by atoms with E-state index in [-0.39, 0.29) is 23.3 Å². The van der Waals surface area contributed by atoms with Gasteiger partial charge in [0.15, 0.2) is 0 Å². The summed E-state index contributed by atoms with van der Waals surface area (Å²) < 4.78 is 0. The Balaban J connectivity index is 2.17. The molecule has 1 spiro atoms. The van der Waals surface area contributed by atoms with E-state index >= 15 is 0 Å². The molecule has 2 N–H and O–H groups in total. The van der Waals surface area contributed by atoms with Gasteiger partial charge in [0.05, 0.1) is 11.5 Å². The fraction of sp³-hybridized carbons (Fsp3) is 0.857. The average Bonchev–Trinajstić information content (AvgIpc) is 2.85. The van der Waals surface area contributed by atoms with E-state index in [1.165, 1.54) is 4.90 Å². The maximum Gasteiger partial charge on any atom is 0.236 e. The minimum atomic E-state index is -0.360. The molecule has 2 aliphatic rings. The number of hydrogen-bond acceptors (Lipinski definition) is 3. The lowest BCUT2D eigenvalue weighted by Gasteiger charge is -2.28. The Morgan fingerprint density at radius 1 is 1.28 bits per heavy atom. The van der Waals surface area contributed by atoms with E-state index in [2.05, 4.69) is 13.8 Å². The van der Waals surface area contributed by atoms with Crippen LogP contribution < -0.4 is 5.73 Å². The predicted octanol–water partition coefficient (Wildman–Crippen LogP) is 1.68. The fourth-order valence-corrected chi connectivity index (χ4v) is 3.48. The Morgan fingerprint density at radius 2 is 1.89 bits per heavy atom. The highest BCUT2D eigenvalue weighted by Gasteiger charge is 2.53. The molecule has 1 aliphatic carbocycles. The van der Waals surface area contributed by atoms with Crippen LogP contribution in [0.15, 0.2) is 0 Å². The van der Waals surface area contributed by atoms with Gasteiger partial charge in [-0.25, -0.2) is 0 Å². The van der Waals surface area contributed by atoms with E-state index in [0.717, 1.165) is 32.1 Å². The zero-order valence-corrected chi connectivity index (χ0v) is 11.4. The molecule has 2 rings (SSSR count). The SMILES string of the molecule is CC(C)CC(CN)N1C(=O)CC2(CCCC2)C1=O. The van der Waals surface area contributed by atoms with Crippen LogP contribution in [0.2, 0.25) is 0 Å². The van der Waals surface area contributed by atoms with Gasteiger partial charge in [0, 0.05) is 13.0 Å². The lowest BCUT2D eigenvalue weighted by atomic mass is 9.84. The average molecular weight is 252 g/mol. The molecule has 18 heavy (non-hydrogen) atoms. The first kappa shape index (κ1) is 13.5. The summed E-state index contributed by atoms with van der Waals surface area (Å²) in [5.74, 6) is 0.498. The number of likely N-dealkylation sites (tertiary alicyclic amines) is 1. The zero-order valence-electron chi connectivity index (χ0n) is 11.4. The Bertz CT molecular complexity index is 346. The van der Waals surface area contributed by atoms with E-state index in [1.807, 2.05) is 0 Å². The molecule has 1 aliphatic heterocycles. The van der Waals surface area contributed by atoms with Gasteiger partial charge in [-0.1, -0.05) is 26.7 Å². The van der Waals surface area contributed by atoms with Gasteiger partial charge in [0.1, 0.15) is 0 Å². The van der Waals surface area contributed by atoms with Crippen molar-refractivity contribution < 1.29 is 9.59 Å². The van der Waals surface area contributed by atoms with Crippen LogP contribution in [-0.2, 0) is 9.59 Å². The molecule has 0 aromatic heterocycles. The van der Waals surface area contributed by atoms with Crippen molar-refractivity contribution >= 4 is 11.8 Å². The van der Waals surface area contributed by atoms with Gasteiger partial charge in [-0.2, -0.15) is 0 Å². The number of nitrogens with zero attached hydrogens (tertiary/aromatic N) is 1. The first-order valence-corrected chi connectivity index (χ1v) is 7.07. The lowest BCUT2D eigenvalue weighted by molar-refractivity contribution is -0.144. The standard InChI is InChI=1S/C14H24N2O2/c1-10(2)7-11(9-15)16-12(17)8-14(13(16)18)5-3-4-6-14/h10-11H,3-9,15H2,1-2H3. The second-order valence-corrected chi connectivity index (χ2v) is 6.25. The Hall–Kier alpha value is -0.900. The van der Waals surface area contributed by atoms with Gasteiger partial charge in [-0.05, 0) is 25.2 Å². The second kappa shape index (κ2) is 5.00. The fourth-order valence-electron chi connectivity index (χ4n) is 3.48. The molecule has 1 saturated heterocycles. The number of imide groups is 1. The van der Waals surface area contributed by atoms with Crippen LogP contribution in [0.3, 0.4) is 0 Å². The van der Waals surface area contributed by atoms with Crippen molar-refractivity contribution in [1.82, 2.24) is 4.90 Å². The summed E-state index contributed by atoms with van der Waals surface area (Å²) in [6, 6.07) is -0.107. The van der Waals surface area contributed by atoms with Crippen molar-refractivity contribution in [3.05, 3.63) is 0 Å². The van der Waals surface area contributed by atoms with E-state index in [9.17, 15) is 9.59 Å². The number of carbonyl (C=O) groups is 2. The van der Waals surface area contributed by atoms with Crippen LogP contribution in [0.4, 0.5) is 0 Å². The number of amides is 2. The van der Waals surface area contributed by atoms with Crippen LogP contribution >= 0.6 is 0 Å². The van der Waals surface area contributed by atoms with Gasteiger partial charge in [-0.3, -0.25) is 14.5 Å². The summed E-state index contributed by atoms with van der Waals surface area (Å²) in [5, 5.41) is 0. The summed E-state index contributed by atoms with van der Waals surface area (Å²) in [6.45, 7) is 4.57. The molecule has 2 amide bonds. The first-order chi connectivity index (χ1) is 8.50. The van der Waals surface area contributed by atoms with Crippen LogP contribution in [0.25, 0.3) is 0 Å². The summed E-state index contributed by atoms with van der Waals surface area (Å²) in [7, 11) is 0. The van der Waals surface area contributed by atoms with E-state index < -0.39 is 0 Å². The van der Waals surface area contributed by atoms with Crippen molar-refractivity contribution in [3.63, 3.8) is 0 Å². The number of rotatable bonds is 4. The molecule has 0 aromatic rings. The molecular formula is C14H24N2O2. The molecule has 102 valence electrons. The molecule has 0 bridgehead atoms. The quantitative estimate of drug-likeness (QED) is 0.774. The minimum Gasteiger partial charge on any atom is -0.328 e. The number of nitrogens with two attached hydrogens (primary N) is 1. The highest BCUT2D eigenvalue weighted by molar-refractivity contribution is 6.06. The molecule has 1 heterocycles. The van der Waals surface area contributed by atoms with Gasteiger partial charge in [0.25, 0.3) is 0 Å². The topological polar surface area (TPSA) is 63.4 Å². The van der Waals surface area contributed by atoms with Gasteiger partial charge < -0.3 is 5.73 Å². The second-order valence-electron chi connectivity index (χ2n) is 6.25. The van der Waals surface area contributed by atoms with Crippen LogP contribution in [0, 0.1) is 11.3 Å². The summed E-state index contributed by atoms with van der Waals surface area (Å²) in [5.41, 5.74) is 5.41. The highest BCUT2D eigenvalue weighted by atomic mass is 16.2. The van der Waals surface area contributed by atoms with E-state index in [0.29, 0.717) is 18.9 Å². The molecule has 1 unspecified atom stereocenters. The number of hydrogen-bond donors (Lipinski definition) is 1. The molecule has 1 atom stereocenters. The molecule has 0 aromatic carbocycles. The normalized spacial score (nSPS) is 24.6. The Morgan fingerprint density at radius 3 is 2.39 bits per heavy atom. The lowest BCUT2D eigenvalue weighted by Crippen LogP contribution is -2.46. The predicted molar refractivity (Wildman–Crippen MR) is 69.7 cm³/mol. The molecule has 0 radical (unpaired) electrons. The highest BCUT2D eigenvalue weighted by Crippen LogP contribution is 2.47. The minimum absolute atomic E-state index is 0.00185. The smallest absolute Gasteiger partial charge is 0.236 e. The first-order valence-electron chi connectivity index (χ1n) is 7.07. The van der Waals surface area contributed by atoms with Gasteiger partial charge >= 0.3 is 0 Å². The maximum absolute atomic E-state index is 12.6. The van der Waals surface area contributed by atoms with E-state index in [4.69, 9.17) is 5.73 Å². The molecule has 4 nitrogen and oxygen atoms in total. The molecule has 1 saturated carbocycles. The summed E-state index contributed by atoms with van der Waals surface area (Å²) >= 11 is 0. The molecule has 4 heteroatoms. The summed E-state index contributed by atoms with van der Waals surface area (Å²) in [4.78, 5) is 26.2. The van der Waals surface area contributed by atoms with E-state index in [1.54, 1.807) is 0 Å². The third kappa shape index (κ3) is 2.18. The van der Waals surface area contributed by atoms with Gasteiger partial charge in [-0.15, -0.1) is 0 Å². The van der Waals surface area contributed by atoms with Gasteiger partial charge in [0.2, 0.25) is 11.8 Å². The molecular weight excluding hydrogens is 228 g/mol. The van der Waals surface area contributed by atoms with Crippen molar-refractivity contribution in [1.29, 1.82) is 0 Å². The maximum atomic E-state index is 12.6. The zero-order chi connectivity index (χ0) is 13.3. The van der Waals surface area contributed by atoms with Crippen LogP contribution in [0.1, 0.15) is 52.4 Å². The number of carbonyl (C=O) groups excluding carboxylic acids is 2. The monoisotopic (exact) mass is 252 g/mol. The third-order valence-electron chi connectivity index (χ3n) is 4.37. The Labute approximate surface area is 109 Å². The van der Waals surface area contributed by atoms with Crippen molar-refractivity contribution in [2.45, 2.75) is 58.4 Å².